The highest BCUT2D eigenvalue weighted by molar-refractivity contribution is 6.11. The molecule has 0 aliphatic carbocycles. The maximum Gasteiger partial charge on any atom is 0.164 e. The van der Waals surface area contributed by atoms with Crippen LogP contribution in [0.15, 0.2) is 156 Å². The van der Waals surface area contributed by atoms with E-state index in [1.54, 1.807) is 30.3 Å². The summed E-state index contributed by atoms with van der Waals surface area (Å²) in [5.41, 5.74) is 1.15. The second-order valence-electron chi connectivity index (χ2n) is 10.4. The number of fused-ring (bicyclic) bond motifs is 5. The number of benzene rings is 7. The van der Waals surface area contributed by atoms with E-state index in [1.807, 2.05) is 48.5 Å². The Hall–Kier alpha value is -6.13. The van der Waals surface area contributed by atoms with Gasteiger partial charge in [-0.25, -0.2) is 15.0 Å². The largest absolute Gasteiger partial charge is 0.456 e. The fourth-order valence-corrected chi connectivity index (χ4v) is 5.54. The summed E-state index contributed by atoms with van der Waals surface area (Å²) in [4.78, 5) is 14.5. The maximum atomic E-state index is 9.11. The lowest BCUT2D eigenvalue weighted by Crippen LogP contribution is -2.00. The Morgan fingerprint density at radius 3 is 1.80 bits per heavy atom. The van der Waals surface area contributed by atoms with E-state index in [0.717, 1.165) is 10.8 Å². The summed E-state index contributed by atoms with van der Waals surface area (Å²) in [6.07, 6.45) is 0. The van der Waals surface area contributed by atoms with Crippen molar-refractivity contribution in [3.8, 4) is 45.3 Å². The van der Waals surface area contributed by atoms with Gasteiger partial charge in [0.05, 0.1) is 16.4 Å². The molecule has 0 saturated carbocycles. The van der Waals surface area contributed by atoms with Gasteiger partial charge in [0.1, 0.15) is 11.2 Å². The van der Waals surface area contributed by atoms with E-state index in [1.165, 1.54) is 0 Å². The Labute approximate surface area is 276 Å². The van der Waals surface area contributed by atoms with Gasteiger partial charge < -0.3 is 4.42 Å². The van der Waals surface area contributed by atoms with Crippen molar-refractivity contribution < 1.29 is 20.9 Å². The van der Waals surface area contributed by atoms with Gasteiger partial charge in [0, 0.05) is 27.5 Å². The summed E-state index contributed by atoms with van der Waals surface area (Å²) >= 11 is 0. The predicted molar refractivity (Wildman–Crippen MR) is 184 cm³/mol. The second kappa shape index (κ2) is 10.2. The fourth-order valence-electron chi connectivity index (χ4n) is 5.54. The van der Waals surface area contributed by atoms with E-state index in [9.17, 15) is 0 Å². The Balaban J connectivity index is 1.30. The Bertz CT molecular complexity index is 3210. The van der Waals surface area contributed by atoms with Gasteiger partial charge in [-0.05, 0) is 63.0 Å². The zero-order chi connectivity index (χ0) is 40.2. The van der Waals surface area contributed by atoms with Gasteiger partial charge in [-0.2, -0.15) is 0 Å². The van der Waals surface area contributed by atoms with Crippen LogP contribution in [0.25, 0.3) is 88.8 Å². The Morgan fingerprint density at radius 2 is 1.02 bits per heavy atom. The molecule has 0 saturated heterocycles. The maximum absolute atomic E-state index is 9.11. The summed E-state index contributed by atoms with van der Waals surface area (Å²) in [6, 6.07) is 18.6. The van der Waals surface area contributed by atoms with Crippen LogP contribution in [0.5, 0.6) is 0 Å². The van der Waals surface area contributed by atoms with E-state index in [2.05, 4.69) is 0 Å². The molecule has 0 N–H and O–H groups in total. The number of aromatic nitrogens is 3. The van der Waals surface area contributed by atoms with Crippen LogP contribution in [0.1, 0.15) is 16.4 Å². The summed E-state index contributed by atoms with van der Waals surface area (Å²) in [5.74, 6) is 0.294. The number of hydrogen-bond acceptors (Lipinski definition) is 4. The minimum Gasteiger partial charge on any atom is -0.456 e. The molecule has 210 valence electrons. The van der Waals surface area contributed by atoms with E-state index in [4.69, 9.17) is 35.8 Å². The third-order valence-electron chi connectivity index (χ3n) is 7.70. The van der Waals surface area contributed by atoms with Crippen molar-refractivity contribution in [2.45, 2.75) is 0 Å². The SMILES string of the molecule is [2H]c1c([2H])c([2H])c(-c2ccc3cc(-c4nc(-c5ccc6ccccc6c5)nc(-c5c([2H])c([2H])c([2H])c6oc7c([2H])c([2H])c([2H])c([2H])c7c56)n4)ccc3c2)c([2H])c1[2H]. The van der Waals surface area contributed by atoms with E-state index < -0.39 is 60.4 Å². The zero-order valence-corrected chi connectivity index (χ0v) is 23.3. The summed E-state index contributed by atoms with van der Waals surface area (Å²) in [5, 5.41) is 3.24. The molecule has 2 aromatic heterocycles. The molecule has 4 nitrogen and oxygen atoms in total. The van der Waals surface area contributed by atoms with Crippen molar-refractivity contribution in [3.63, 3.8) is 0 Å². The third-order valence-corrected chi connectivity index (χ3v) is 7.70. The first-order valence-electron chi connectivity index (χ1n) is 20.0. The molecule has 0 aliphatic heterocycles. The molecule has 0 aliphatic rings. The van der Waals surface area contributed by atoms with E-state index in [-0.39, 0.29) is 62.6 Å². The standard InChI is InChI=1S/C41H25N3O/c1-2-9-26(10-3-1)29-18-19-31-25-33(22-20-30(31)23-29)40-42-39(32-21-17-27-11-4-5-12-28(27)24-32)43-41(44-40)35-14-8-16-37-38(35)34-13-6-7-15-36(34)45-37/h1-25H/i1D,2D,3D,6D,7D,8D,9D,10D,13D,14D,15D,16D. The number of para-hydroxylation sites is 1. The Kier molecular flexibility index (Phi) is 3.66. The van der Waals surface area contributed by atoms with Crippen molar-refractivity contribution >= 4 is 43.5 Å². The lowest BCUT2D eigenvalue weighted by atomic mass is 10.00. The second-order valence-corrected chi connectivity index (χ2v) is 10.4. The average Bonchev–Trinajstić information content (AvgIpc) is 3.63. The van der Waals surface area contributed by atoms with Crippen molar-refractivity contribution in [1.29, 1.82) is 0 Å². The molecule has 7 aromatic carbocycles. The van der Waals surface area contributed by atoms with E-state index in [0.29, 0.717) is 27.5 Å². The highest BCUT2D eigenvalue weighted by Gasteiger charge is 2.18. The molecule has 0 unspecified atom stereocenters. The minimum atomic E-state index is -0.534. The van der Waals surface area contributed by atoms with Crippen LogP contribution in [0.2, 0.25) is 0 Å². The first-order chi connectivity index (χ1) is 27.2. The molecular formula is C41H25N3O. The number of hydrogen-bond donors (Lipinski definition) is 0. The number of rotatable bonds is 4. The van der Waals surface area contributed by atoms with Crippen LogP contribution < -0.4 is 0 Å². The Morgan fingerprint density at radius 1 is 0.444 bits per heavy atom. The molecular weight excluding hydrogens is 550 g/mol. The quantitative estimate of drug-likeness (QED) is 0.205. The van der Waals surface area contributed by atoms with Gasteiger partial charge in [-0.1, -0.05) is 121 Å². The van der Waals surface area contributed by atoms with Crippen molar-refractivity contribution in [2.24, 2.45) is 0 Å². The van der Waals surface area contributed by atoms with Crippen LogP contribution in [0.3, 0.4) is 0 Å². The molecule has 0 spiro atoms. The van der Waals surface area contributed by atoms with Gasteiger partial charge in [0.2, 0.25) is 0 Å². The van der Waals surface area contributed by atoms with Gasteiger partial charge in [0.25, 0.3) is 0 Å². The monoisotopic (exact) mass is 587 g/mol. The van der Waals surface area contributed by atoms with Crippen LogP contribution in [-0.4, -0.2) is 15.0 Å². The topological polar surface area (TPSA) is 51.8 Å². The molecule has 4 heteroatoms. The smallest absolute Gasteiger partial charge is 0.164 e. The first kappa shape index (κ1) is 16.1. The lowest BCUT2D eigenvalue weighted by molar-refractivity contribution is 0.669. The van der Waals surface area contributed by atoms with Gasteiger partial charge >= 0.3 is 0 Å². The molecule has 0 fully saturated rings. The number of furan rings is 1. The summed E-state index contributed by atoms with van der Waals surface area (Å²) < 4.78 is 107. The lowest BCUT2D eigenvalue weighted by Gasteiger charge is -2.11. The zero-order valence-electron chi connectivity index (χ0n) is 35.3. The van der Waals surface area contributed by atoms with Gasteiger partial charge in [-0.3, -0.25) is 0 Å². The molecule has 0 bridgehead atoms. The third kappa shape index (κ3) is 4.43. The molecule has 2 heterocycles. The van der Waals surface area contributed by atoms with Gasteiger partial charge in [0.15, 0.2) is 17.5 Å². The van der Waals surface area contributed by atoms with Crippen LogP contribution in [0, 0.1) is 0 Å². The highest BCUT2D eigenvalue weighted by atomic mass is 16.3. The molecule has 9 rings (SSSR count). The summed E-state index contributed by atoms with van der Waals surface area (Å²) in [7, 11) is 0. The minimum absolute atomic E-state index is 0.00306. The van der Waals surface area contributed by atoms with Crippen LogP contribution in [-0.2, 0) is 0 Å². The molecule has 9 aromatic rings. The van der Waals surface area contributed by atoms with Crippen molar-refractivity contribution in [3.05, 3.63) is 151 Å². The fraction of sp³-hybridized carbons (Fsp3) is 0. The summed E-state index contributed by atoms with van der Waals surface area (Å²) in [6.45, 7) is 0. The molecule has 0 amide bonds. The van der Waals surface area contributed by atoms with Gasteiger partial charge in [-0.15, -0.1) is 0 Å². The van der Waals surface area contributed by atoms with Crippen LogP contribution >= 0.6 is 0 Å². The molecule has 45 heavy (non-hydrogen) atoms. The van der Waals surface area contributed by atoms with Crippen LogP contribution in [0.4, 0.5) is 0 Å². The average molecular weight is 588 g/mol. The normalized spacial score (nSPS) is 15.3. The molecule has 0 radical (unpaired) electrons. The highest BCUT2D eigenvalue weighted by Crippen LogP contribution is 2.37. The van der Waals surface area contributed by atoms with E-state index >= 15 is 0 Å². The molecule has 0 atom stereocenters. The first-order valence-corrected chi connectivity index (χ1v) is 14.0. The van der Waals surface area contributed by atoms with Crippen molar-refractivity contribution in [1.82, 2.24) is 15.0 Å². The number of nitrogens with zero attached hydrogens (tertiary/aromatic N) is 3. The van der Waals surface area contributed by atoms with Crippen molar-refractivity contribution in [2.75, 3.05) is 0 Å². The predicted octanol–water partition coefficient (Wildman–Crippen LogP) is 10.7.